The maximum Gasteiger partial charge on any atom is 0.316 e. The van der Waals surface area contributed by atoms with Crippen LogP contribution in [0.4, 0.5) is 4.39 Å². The first-order chi connectivity index (χ1) is 13.0. The molecular formula is C19H17FN2O4S. The Morgan fingerprint density at radius 1 is 1.19 bits per heavy atom. The molecule has 27 heavy (non-hydrogen) atoms. The predicted molar refractivity (Wildman–Crippen MR) is 98.6 cm³/mol. The normalized spacial score (nSPS) is 10.7. The number of hydrogen-bond acceptors (Lipinski definition) is 6. The van der Waals surface area contributed by atoms with E-state index in [1.807, 2.05) is 18.2 Å². The Balaban J connectivity index is 1.42. The maximum absolute atomic E-state index is 12.9. The molecule has 140 valence electrons. The van der Waals surface area contributed by atoms with Gasteiger partial charge in [-0.2, -0.15) is 0 Å². The topological polar surface area (TPSA) is 72.6 Å². The number of likely N-dealkylation sites (N-methyl/N-ethyl adjacent to an activating group) is 1. The van der Waals surface area contributed by atoms with E-state index in [0.29, 0.717) is 22.9 Å². The van der Waals surface area contributed by atoms with E-state index < -0.39 is 5.97 Å². The molecule has 0 bridgehead atoms. The van der Waals surface area contributed by atoms with Gasteiger partial charge in [-0.25, -0.2) is 9.37 Å². The lowest BCUT2D eigenvalue weighted by Gasteiger charge is -2.17. The van der Waals surface area contributed by atoms with Crippen LogP contribution in [0.25, 0.3) is 11.1 Å². The van der Waals surface area contributed by atoms with Gasteiger partial charge in [0.2, 0.25) is 0 Å². The first kappa shape index (κ1) is 18.9. The number of carbonyl (C=O) groups is 2. The van der Waals surface area contributed by atoms with Gasteiger partial charge in [0.25, 0.3) is 11.1 Å². The van der Waals surface area contributed by atoms with Gasteiger partial charge in [0.05, 0.1) is 0 Å². The molecule has 6 nitrogen and oxygen atoms in total. The summed E-state index contributed by atoms with van der Waals surface area (Å²) in [5.41, 5.74) is 2.14. The monoisotopic (exact) mass is 388 g/mol. The van der Waals surface area contributed by atoms with E-state index in [-0.39, 0.29) is 24.1 Å². The molecule has 0 aliphatic heterocycles. The zero-order chi connectivity index (χ0) is 19.2. The van der Waals surface area contributed by atoms with Gasteiger partial charge >= 0.3 is 5.97 Å². The summed E-state index contributed by atoms with van der Waals surface area (Å²) in [5, 5.41) is 0.368. The highest BCUT2D eigenvalue weighted by Crippen LogP contribution is 2.23. The third kappa shape index (κ3) is 5.30. The van der Waals surface area contributed by atoms with Gasteiger partial charge in [-0.05, 0) is 29.8 Å². The summed E-state index contributed by atoms with van der Waals surface area (Å²) < 4.78 is 23.4. The Morgan fingerprint density at radius 3 is 2.67 bits per heavy atom. The van der Waals surface area contributed by atoms with E-state index in [1.54, 1.807) is 25.2 Å². The van der Waals surface area contributed by atoms with Crippen LogP contribution in [0.5, 0.6) is 0 Å². The number of halogens is 1. The third-order valence-corrected chi connectivity index (χ3v) is 4.50. The fourth-order valence-electron chi connectivity index (χ4n) is 2.28. The van der Waals surface area contributed by atoms with Gasteiger partial charge < -0.3 is 14.1 Å². The number of esters is 1. The summed E-state index contributed by atoms with van der Waals surface area (Å²) in [7, 11) is 1.59. The SMILES string of the molecule is CN(Cc1ccc(F)cc1)C(=O)COC(=O)CSc1nc2ccccc2o1. The number of ether oxygens (including phenoxy) is 1. The van der Waals surface area contributed by atoms with Crippen LogP contribution in [0.3, 0.4) is 0 Å². The van der Waals surface area contributed by atoms with Crippen molar-refractivity contribution in [3.05, 3.63) is 59.9 Å². The van der Waals surface area contributed by atoms with Crippen molar-refractivity contribution in [3.8, 4) is 0 Å². The molecule has 0 saturated heterocycles. The second kappa shape index (κ2) is 8.68. The number of benzene rings is 2. The van der Waals surface area contributed by atoms with Crippen molar-refractivity contribution in [1.82, 2.24) is 9.88 Å². The highest BCUT2D eigenvalue weighted by Gasteiger charge is 2.14. The summed E-state index contributed by atoms with van der Waals surface area (Å²) in [6, 6.07) is 13.2. The van der Waals surface area contributed by atoms with E-state index >= 15 is 0 Å². The zero-order valence-corrected chi connectivity index (χ0v) is 15.4. The van der Waals surface area contributed by atoms with Crippen LogP contribution >= 0.6 is 11.8 Å². The highest BCUT2D eigenvalue weighted by atomic mass is 32.2. The van der Waals surface area contributed by atoms with Gasteiger partial charge in [-0.1, -0.05) is 36.0 Å². The molecule has 3 rings (SSSR count). The number of fused-ring (bicyclic) bond motifs is 1. The summed E-state index contributed by atoms with van der Waals surface area (Å²) in [5.74, 6) is -1.23. The minimum atomic E-state index is -0.536. The molecule has 8 heteroatoms. The number of amides is 1. The fraction of sp³-hybridized carbons (Fsp3) is 0.211. The number of nitrogens with zero attached hydrogens (tertiary/aromatic N) is 2. The van der Waals surface area contributed by atoms with Crippen molar-refractivity contribution >= 4 is 34.7 Å². The first-order valence-electron chi connectivity index (χ1n) is 8.13. The van der Waals surface area contributed by atoms with E-state index in [1.165, 1.54) is 17.0 Å². The molecule has 0 fully saturated rings. The molecule has 1 heterocycles. The van der Waals surface area contributed by atoms with Crippen LogP contribution in [-0.2, 0) is 20.9 Å². The smallest absolute Gasteiger partial charge is 0.316 e. The average Bonchev–Trinajstić information content (AvgIpc) is 3.09. The standard InChI is InChI=1S/C19H17FN2O4S/c1-22(10-13-6-8-14(20)9-7-13)17(23)11-25-18(24)12-27-19-21-15-4-2-3-5-16(15)26-19/h2-9H,10-12H2,1H3. The maximum atomic E-state index is 12.9. The number of carbonyl (C=O) groups excluding carboxylic acids is 2. The second-order valence-corrected chi connectivity index (χ2v) is 6.70. The van der Waals surface area contributed by atoms with Crippen molar-refractivity contribution in [2.75, 3.05) is 19.4 Å². The lowest BCUT2D eigenvalue weighted by molar-refractivity contribution is -0.149. The lowest BCUT2D eigenvalue weighted by Crippen LogP contribution is -2.31. The Kier molecular flexibility index (Phi) is 6.08. The van der Waals surface area contributed by atoms with Crippen molar-refractivity contribution in [2.24, 2.45) is 0 Å². The number of oxazole rings is 1. The molecule has 0 saturated carbocycles. The van der Waals surface area contributed by atoms with Crippen LogP contribution in [0, 0.1) is 5.82 Å². The van der Waals surface area contributed by atoms with Crippen molar-refractivity contribution < 1.29 is 23.1 Å². The van der Waals surface area contributed by atoms with E-state index in [2.05, 4.69) is 4.98 Å². The molecule has 0 N–H and O–H groups in total. The van der Waals surface area contributed by atoms with Gasteiger partial charge in [0.15, 0.2) is 12.2 Å². The van der Waals surface area contributed by atoms with Gasteiger partial charge in [-0.3, -0.25) is 9.59 Å². The predicted octanol–water partition coefficient (Wildman–Crippen LogP) is 3.26. The van der Waals surface area contributed by atoms with Crippen LogP contribution < -0.4 is 0 Å². The number of hydrogen-bond donors (Lipinski definition) is 0. The second-order valence-electron chi connectivity index (χ2n) is 5.77. The highest BCUT2D eigenvalue weighted by molar-refractivity contribution is 7.99. The largest absolute Gasteiger partial charge is 0.455 e. The fourth-order valence-corrected chi connectivity index (χ4v) is 2.92. The van der Waals surface area contributed by atoms with Crippen LogP contribution in [0.1, 0.15) is 5.56 Å². The molecule has 3 aromatic rings. The number of thioether (sulfide) groups is 1. The molecule has 1 aromatic heterocycles. The minimum absolute atomic E-state index is 0.0121. The Bertz CT molecular complexity index is 909. The van der Waals surface area contributed by atoms with Gasteiger partial charge in [0, 0.05) is 13.6 Å². The quantitative estimate of drug-likeness (QED) is 0.457. The Morgan fingerprint density at radius 2 is 1.93 bits per heavy atom. The molecule has 0 unspecified atom stereocenters. The van der Waals surface area contributed by atoms with Crippen LogP contribution in [-0.4, -0.2) is 41.2 Å². The Hall–Kier alpha value is -2.87. The average molecular weight is 388 g/mol. The summed E-state index contributed by atoms with van der Waals surface area (Å²) in [6.45, 7) is -0.0566. The number of aromatic nitrogens is 1. The van der Waals surface area contributed by atoms with Crippen LogP contribution in [0.2, 0.25) is 0 Å². The van der Waals surface area contributed by atoms with Gasteiger partial charge in [0.1, 0.15) is 17.1 Å². The number of rotatable bonds is 7. The molecule has 0 aliphatic carbocycles. The first-order valence-corrected chi connectivity index (χ1v) is 9.12. The number of para-hydroxylation sites is 2. The van der Waals surface area contributed by atoms with Crippen molar-refractivity contribution in [1.29, 1.82) is 0 Å². The molecule has 0 aliphatic rings. The van der Waals surface area contributed by atoms with Gasteiger partial charge in [-0.15, -0.1) is 0 Å². The van der Waals surface area contributed by atoms with Crippen LogP contribution in [0.15, 0.2) is 58.2 Å². The van der Waals surface area contributed by atoms with Crippen molar-refractivity contribution in [3.63, 3.8) is 0 Å². The molecule has 1 amide bonds. The summed E-state index contributed by atoms with van der Waals surface area (Å²) in [6.07, 6.45) is 0. The summed E-state index contributed by atoms with van der Waals surface area (Å²) >= 11 is 1.11. The van der Waals surface area contributed by atoms with E-state index in [0.717, 1.165) is 17.3 Å². The van der Waals surface area contributed by atoms with E-state index in [4.69, 9.17) is 9.15 Å². The Labute approximate surface area is 159 Å². The molecule has 2 aromatic carbocycles. The molecular weight excluding hydrogens is 371 g/mol. The lowest BCUT2D eigenvalue weighted by atomic mass is 10.2. The van der Waals surface area contributed by atoms with Crippen molar-refractivity contribution in [2.45, 2.75) is 11.8 Å². The third-order valence-electron chi connectivity index (χ3n) is 3.70. The zero-order valence-electron chi connectivity index (χ0n) is 14.6. The minimum Gasteiger partial charge on any atom is -0.455 e. The molecule has 0 radical (unpaired) electrons. The molecule has 0 spiro atoms. The van der Waals surface area contributed by atoms with E-state index in [9.17, 15) is 14.0 Å². The summed E-state index contributed by atoms with van der Waals surface area (Å²) in [4.78, 5) is 29.5. The molecule has 0 atom stereocenters.